The fraction of sp³-hybridized carbons (Fsp3) is 0.250. The molecule has 0 aliphatic heterocycles. The summed E-state index contributed by atoms with van der Waals surface area (Å²) in [6.07, 6.45) is -4.78. The van der Waals surface area contributed by atoms with Crippen LogP contribution in [0.4, 0.5) is 22.0 Å². The third kappa shape index (κ3) is 2.14. The summed E-state index contributed by atoms with van der Waals surface area (Å²) in [4.78, 5) is 3.18. The average molecular weight is 296 g/mol. The van der Waals surface area contributed by atoms with Crippen molar-refractivity contribution in [2.45, 2.75) is 20.0 Å². The minimum atomic E-state index is -4.78. The Kier molecular flexibility index (Phi) is 3.16. The number of aromatic nitrogens is 1. The highest BCUT2D eigenvalue weighted by Gasteiger charge is 2.36. The largest absolute Gasteiger partial charge is 0.433 e. The lowest BCUT2D eigenvalue weighted by atomic mass is 10.1. The number of rotatable bonds is 0. The Morgan fingerprint density at radius 1 is 1.16 bits per heavy atom. The number of alkyl halides is 3. The van der Waals surface area contributed by atoms with Gasteiger partial charge in [-0.1, -0.05) is 11.6 Å². The number of pyridine rings is 1. The SMILES string of the molecule is Cc1cc(F)c2nc(C(F)(F)F)c(C)c(Cl)c2c1F. The van der Waals surface area contributed by atoms with Gasteiger partial charge in [-0.2, -0.15) is 13.2 Å². The summed E-state index contributed by atoms with van der Waals surface area (Å²) >= 11 is 5.74. The Morgan fingerprint density at radius 3 is 2.26 bits per heavy atom. The molecule has 0 saturated carbocycles. The smallest absolute Gasteiger partial charge is 0.240 e. The number of hydrogen-bond donors (Lipinski definition) is 0. The zero-order valence-electron chi connectivity index (χ0n) is 9.79. The molecule has 0 saturated heterocycles. The lowest BCUT2D eigenvalue weighted by Crippen LogP contribution is -2.12. The van der Waals surface area contributed by atoms with Crippen LogP contribution in [0.1, 0.15) is 16.8 Å². The summed E-state index contributed by atoms with van der Waals surface area (Å²) < 4.78 is 65.7. The van der Waals surface area contributed by atoms with E-state index in [-0.39, 0.29) is 5.56 Å². The van der Waals surface area contributed by atoms with Crippen LogP contribution in [-0.2, 0) is 6.18 Å². The summed E-state index contributed by atoms with van der Waals surface area (Å²) in [6.45, 7) is 2.36. The van der Waals surface area contributed by atoms with Gasteiger partial charge in [0.25, 0.3) is 0 Å². The monoisotopic (exact) mass is 295 g/mol. The second kappa shape index (κ2) is 4.30. The lowest BCUT2D eigenvalue weighted by Gasteiger charge is -2.14. The molecule has 0 radical (unpaired) electrons. The van der Waals surface area contributed by atoms with Crippen molar-refractivity contribution in [2.24, 2.45) is 0 Å². The number of benzene rings is 1. The van der Waals surface area contributed by atoms with Gasteiger partial charge in [0.2, 0.25) is 0 Å². The first-order chi connectivity index (χ1) is 8.64. The quantitative estimate of drug-likeness (QED) is 0.636. The van der Waals surface area contributed by atoms with E-state index < -0.39 is 45.0 Å². The first-order valence-electron chi connectivity index (χ1n) is 5.16. The summed E-state index contributed by atoms with van der Waals surface area (Å²) in [5.74, 6) is -1.91. The Balaban J connectivity index is 3.01. The van der Waals surface area contributed by atoms with Crippen molar-refractivity contribution in [3.63, 3.8) is 0 Å². The molecule has 0 amide bonds. The van der Waals surface area contributed by atoms with E-state index in [1.54, 1.807) is 0 Å². The third-order valence-corrected chi connectivity index (χ3v) is 3.24. The molecule has 0 bridgehead atoms. The topological polar surface area (TPSA) is 12.9 Å². The second-order valence-electron chi connectivity index (χ2n) is 4.11. The molecule has 0 aliphatic rings. The molecule has 0 fully saturated rings. The number of hydrogen-bond acceptors (Lipinski definition) is 1. The molecule has 0 aliphatic carbocycles. The molecule has 1 heterocycles. The van der Waals surface area contributed by atoms with E-state index in [1.165, 1.54) is 6.92 Å². The van der Waals surface area contributed by atoms with Crippen LogP contribution in [0.25, 0.3) is 10.9 Å². The molecule has 0 unspecified atom stereocenters. The van der Waals surface area contributed by atoms with Crippen molar-refractivity contribution >= 4 is 22.5 Å². The van der Waals surface area contributed by atoms with Gasteiger partial charge in [-0.05, 0) is 31.0 Å². The second-order valence-corrected chi connectivity index (χ2v) is 4.49. The van der Waals surface area contributed by atoms with Crippen molar-refractivity contribution in [1.29, 1.82) is 0 Å². The van der Waals surface area contributed by atoms with Gasteiger partial charge in [0.1, 0.15) is 22.8 Å². The molecule has 0 N–H and O–H groups in total. The Bertz CT molecular complexity index is 678. The minimum absolute atomic E-state index is 0.0483. The Morgan fingerprint density at radius 2 is 1.74 bits per heavy atom. The first kappa shape index (κ1) is 14.0. The molecule has 0 spiro atoms. The van der Waals surface area contributed by atoms with Gasteiger partial charge in [-0.3, -0.25) is 0 Å². The van der Waals surface area contributed by atoms with Crippen LogP contribution in [0.3, 0.4) is 0 Å². The zero-order valence-corrected chi connectivity index (χ0v) is 10.5. The summed E-state index contributed by atoms with van der Waals surface area (Å²) in [5, 5.41) is -0.901. The van der Waals surface area contributed by atoms with Crippen molar-refractivity contribution in [2.75, 3.05) is 0 Å². The van der Waals surface area contributed by atoms with Crippen molar-refractivity contribution in [1.82, 2.24) is 4.98 Å². The predicted molar refractivity (Wildman–Crippen MR) is 61.1 cm³/mol. The molecule has 1 aromatic carbocycles. The van der Waals surface area contributed by atoms with Gasteiger partial charge in [0.05, 0.1) is 10.4 Å². The summed E-state index contributed by atoms with van der Waals surface area (Å²) in [7, 11) is 0. The molecule has 0 atom stereocenters. The van der Waals surface area contributed by atoms with Gasteiger partial charge in [0.15, 0.2) is 0 Å². The Hall–Kier alpha value is -1.43. The van der Waals surface area contributed by atoms with Crippen LogP contribution >= 0.6 is 11.6 Å². The molecule has 102 valence electrons. The number of fused-ring (bicyclic) bond motifs is 1. The normalized spacial score (nSPS) is 12.2. The van der Waals surface area contributed by atoms with E-state index in [9.17, 15) is 22.0 Å². The van der Waals surface area contributed by atoms with E-state index in [1.807, 2.05) is 0 Å². The number of aryl methyl sites for hydroxylation is 1. The van der Waals surface area contributed by atoms with Crippen LogP contribution < -0.4 is 0 Å². The lowest BCUT2D eigenvalue weighted by molar-refractivity contribution is -0.141. The highest BCUT2D eigenvalue weighted by molar-refractivity contribution is 6.36. The van der Waals surface area contributed by atoms with Crippen molar-refractivity contribution in [3.8, 4) is 0 Å². The van der Waals surface area contributed by atoms with Crippen molar-refractivity contribution in [3.05, 3.63) is 39.5 Å². The highest BCUT2D eigenvalue weighted by Crippen LogP contribution is 2.38. The van der Waals surface area contributed by atoms with Crippen LogP contribution in [0.15, 0.2) is 6.07 Å². The maximum absolute atomic E-state index is 13.9. The molecule has 1 nitrogen and oxygen atoms in total. The maximum Gasteiger partial charge on any atom is 0.433 e. The van der Waals surface area contributed by atoms with E-state index >= 15 is 0 Å². The minimum Gasteiger partial charge on any atom is -0.240 e. The van der Waals surface area contributed by atoms with Gasteiger partial charge in [0, 0.05) is 0 Å². The van der Waals surface area contributed by atoms with E-state index in [2.05, 4.69) is 4.98 Å². The summed E-state index contributed by atoms with van der Waals surface area (Å²) in [5.41, 5.74) is -2.50. The van der Waals surface area contributed by atoms with Crippen LogP contribution in [0, 0.1) is 25.5 Å². The van der Waals surface area contributed by atoms with Crippen LogP contribution in [-0.4, -0.2) is 4.98 Å². The molecule has 19 heavy (non-hydrogen) atoms. The number of nitrogens with zero attached hydrogens (tertiary/aromatic N) is 1. The van der Waals surface area contributed by atoms with Crippen LogP contribution in [0.5, 0.6) is 0 Å². The molecule has 1 aromatic heterocycles. The highest BCUT2D eigenvalue weighted by atomic mass is 35.5. The zero-order chi connectivity index (χ0) is 14.5. The van der Waals surface area contributed by atoms with E-state index in [0.717, 1.165) is 13.0 Å². The first-order valence-corrected chi connectivity index (χ1v) is 5.54. The summed E-state index contributed by atoms with van der Waals surface area (Å²) in [6, 6.07) is 0.788. The van der Waals surface area contributed by atoms with Gasteiger partial charge in [-0.15, -0.1) is 0 Å². The number of halogens is 6. The van der Waals surface area contributed by atoms with Crippen molar-refractivity contribution < 1.29 is 22.0 Å². The van der Waals surface area contributed by atoms with Crippen LogP contribution in [0.2, 0.25) is 5.02 Å². The fourth-order valence-electron chi connectivity index (χ4n) is 1.82. The molecular weight excluding hydrogens is 289 g/mol. The van der Waals surface area contributed by atoms with Gasteiger partial charge >= 0.3 is 6.18 Å². The predicted octanol–water partition coefficient (Wildman–Crippen LogP) is 4.80. The molecule has 7 heteroatoms. The fourth-order valence-corrected chi connectivity index (χ4v) is 2.08. The molecule has 2 rings (SSSR count). The maximum atomic E-state index is 13.9. The van der Waals surface area contributed by atoms with Gasteiger partial charge < -0.3 is 0 Å². The Labute approximate surface area is 110 Å². The standard InChI is InChI=1S/C12H7ClF5N/c1-4-3-6(14)10-7(9(4)15)8(13)5(2)11(19-10)12(16,17)18/h3H,1-2H3. The van der Waals surface area contributed by atoms with Gasteiger partial charge in [-0.25, -0.2) is 13.8 Å². The van der Waals surface area contributed by atoms with E-state index in [4.69, 9.17) is 11.6 Å². The third-order valence-electron chi connectivity index (χ3n) is 2.77. The van der Waals surface area contributed by atoms with E-state index in [0.29, 0.717) is 0 Å². The molecular formula is C12H7ClF5N. The molecule has 2 aromatic rings. The average Bonchev–Trinajstić information content (AvgIpc) is 2.28.